The minimum Gasteiger partial charge on any atom is -0.310 e. The zero-order chi connectivity index (χ0) is 8.57. The molecule has 0 amide bonds. The molecule has 0 aromatic rings. The van der Waals surface area contributed by atoms with Crippen molar-refractivity contribution in [1.82, 2.24) is 0 Å². The van der Waals surface area contributed by atoms with E-state index in [1.807, 2.05) is 0 Å². The molecular formula is C6H15MgO2P. The van der Waals surface area contributed by atoms with E-state index in [1.165, 1.54) is 0 Å². The highest BCUT2D eigenvalue weighted by Gasteiger charge is 2.02. The van der Waals surface area contributed by atoms with Gasteiger partial charge in [0.05, 0.1) is 0 Å². The van der Waals surface area contributed by atoms with E-state index in [4.69, 9.17) is 9.46 Å². The van der Waals surface area contributed by atoms with Gasteiger partial charge in [0, 0.05) is 0 Å². The van der Waals surface area contributed by atoms with Gasteiger partial charge < -0.3 is 4.89 Å². The highest BCUT2D eigenvalue weighted by Crippen LogP contribution is 2.07. The number of rotatable bonds is 2. The second kappa shape index (κ2) is 9.83. The lowest BCUT2D eigenvalue weighted by Crippen LogP contribution is -1.98. The van der Waals surface area contributed by atoms with Crippen molar-refractivity contribution in [2.75, 3.05) is 0 Å². The van der Waals surface area contributed by atoms with Crippen molar-refractivity contribution < 1.29 is 9.46 Å². The molecular weight excluding hydrogens is 159 g/mol. The summed E-state index contributed by atoms with van der Waals surface area (Å²) in [6, 6.07) is 0. The van der Waals surface area contributed by atoms with Gasteiger partial charge in [0.25, 0.3) is 0 Å². The topological polar surface area (TPSA) is 37.3 Å². The molecule has 0 saturated heterocycles. The Balaban J connectivity index is 0. The highest BCUT2D eigenvalue weighted by atomic mass is 31.1. The minimum absolute atomic E-state index is 0.281. The van der Waals surface area contributed by atoms with Crippen molar-refractivity contribution in [2.24, 2.45) is 0 Å². The predicted octanol–water partition coefficient (Wildman–Crippen LogP) is 2.53. The van der Waals surface area contributed by atoms with Crippen molar-refractivity contribution in [3.05, 3.63) is 0 Å². The van der Waals surface area contributed by atoms with Crippen LogP contribution in [0.3, 0.4) is 0 Å². The van der Waals surface area contributed by atoms with E-state index in [2.05, 4.69) is 27.7 Å². The lowest BCUT2D eigenvalue weighted by atomic mass is 10.5. The molecule has 0 radical (unpaired) electrons. The molecule has 0 atom stereocenters. The molecule has 0 aromatic carbocycles. The van der Waals surface area contributed by atoms with Gasteiger partial charge in [-0.1, -0.05) is 27.7 Å². The molecule has 2 nitrogen and oxygen atoms in total. The second-order valence-electron chi connectivity index (χ2n) is 3.11. The molecule has 0 heterocycles. The van der Waals surface area contributed by atoms with E-state index in [0.717, 1.165) is 8.09 Å². The summed E-state index contributed by atoms with van der Waals surface area (Å²) in [5.74, 6) is 0. The minimum atomic E-state index is -0.833. The van der Waals surface area contributed by atoms with Crippen LogP contribution in [0.4, 0.5) is 0 Å². The molecule has 0 spiro atoms. The fourth-order valence-electron chi connectivity index (χ4n) is 0.943. The van der Waals surface area contributed by atoms with Crippen LogP contribution < -0.4 is 0 Å². The Kier molecular flexibility index (Phi) is 13.2. The van der Waals surface area contributed by atoms with Crippen molar-refractivity contribution in [2.45, 2.75) is 35.8 Å². The molecule has 0 aliphatic carbocycles. The first-order chi connectivity index (χ1) is 4.54. The van der Waals surface area contributed by atoms with Gasteiger partial charge in [-0.05, 0) is 0 Å². The van der Waals surface area contributed by atoms with E-state index in [9.17, 15) is 0 Å². The molecule has 0 rings (SSSR count). The van der Waals surface area contributed by atoms with Gasteiger partial charge in [-0.15, -0.1) is 8.09 Å². The van der Waals surface area contributed by atoms with Crippen molar-refractivity contribution in [3.63, 3.8) is 0 Å². The Hall–Kier alpha value is 0.826. The van der Waals surface area contributed by atoms with Gasteiger partial charge in [-0.2, -0.15) is 0 Å². The van der Waals surface area contributed by atoms with Crippen LogP contribution in [0, 0.1) is 0 Å². The van der Waals surface area contributed by atoms with E-state index in [0.29, 0.717) is 0 Å². The van der Waals surface area contributed by atoms with Crippen molar-refractivity contribution >= 4 is 29.1 Å². The molecule has 58 valence electrons. The Labute approximate surface area is 74.4 Å². The highest BCUT2D eigenvalue weighted by molar-refractivity contribution is 7.16. The van der Waals surface area contributed by atoms with E-state index in [1.54, 1.807) is 0 Å². The first-order valence-electron chi connectivity index (χ1n) is 3.51. The average molecular weight is 174 g/mol. The Morgan fingerprint density at radius 1 is 1.20 bits per heavy atom. The maximum Gasteiger partial charge on any atom is 0.371 e. The third kappa shape index (κ3) is 23.2. The fourth-order valence-corrected chi connectivity index (χ4v) is 2.83. The number of hydrogen-bond donors (Lipinski definition) is 1. The van der Waals surface area contributed by atoms with Gasteiger partial charge in [-0.25, -0.2) is 4.57 Å². The molecule has 0 aromatic heterocycles. The third-order valence-electron chi connectivity index (χ3n) is 0.943. The van der Waals surface area contributed by atoms with Crippen molar-refractivity contribution in [1.29, 1.82) is 0 Å². The second-order valence-corrected chi connectivity index (χ2v) is 7.01. The maximum atomic E-state index is 8.46. The maximum absolute atomic E-state index is 8.46. The molecule has 0 saturated carbocycles. The molecule has 0 aliphatic heterocycles. The Morgan fingerprint density at radius 2 is 1.40 bits per heavy atom. The molecule has 4 heteroatoms. The molecule has 10 heavy (non-hydrogen) atoms. The van der Waals surface area contributed by atoms with Gasteiger partial charge >= 0.3 is 29.1 Å². The van der Waals surface area contributed by atoms with Crippen LogP contribution in [0.25, 0.3) is 0 Å². The van der Waals surface area contributed by atoms with Crippen LogP contribution in [-0.4, -0.2) is 25.3 Å². The molecule has 1 N–H and O–H groups in total. The first kappa shape index (κ1) is 13.4. The lowest BCUT2D eigenvalue weighted by Gasteiger charge is -2.01. The van der Waals surface area contributed by atoms with Crippen LogP contribution in [0.1, 0.15) is 27.7 Å². The van der Waals surface area contributed by atoms with Gasteiger partial charge in [0.15, 0.2) is 0 Å². The predicted molar refractivity (Wildman–Crippen MR) is 45.8 cm³/mol. The summed E-state index contributed by atoms with van der Waals surface area (Å²) >= 11 is 0.281. The largest absolute Gasteiger partial charge is 0.371 e. The molecule has 0 fully saturated rings. The first-order valence-corrected chi connectivity index (χ1v) is 5.91. The fraction of sp³-hybridized carbons (Fsp3) is 1.00. The summed E-state index contributed by atoms with van der Waals surface area (Å²) in [7, 11) is -0.833. The zero-order valence-electron chi connectivity index (χ0n) is 7.16. The standard InChI is InChI=1S/2C3H7.Mg.HO2P/c2*1-3-2;;1-3-2/h2*3H,1-2H3;;(H,1,2). The summed E-state index contributed by atoms with van der Waals surface area (Å²) in [4.78, 5) is 6.99. The van der Waals surface area contributed by atoms with Gasteiger partial charge in [0.2, 0.25) is 0 Å². The van der Waals surface area contributed by atoms with Crippen LogP contribution in [0.2, 0.25) is 8.09 Å². The van der Waals surface area contributed by atoms with Gasteiger partial charge in [0.1, 0.15) is 0 Å². The van der Waals surface area contributed by atoms with Crippen LogP contribution in [-0.2, 0) is 4.57 Å². The Bertz CT molecular complexity index is 70.1. The molecule has 0 bridgehead atoms. The van der Waals surface area contributed by atoms with Crippen LogP contribution >= 0.6 is 8.69 Å². The summed E-state index contributed by atoms with van der Waals surface area (Å²) in [6.07, 6.45) is 0. The summed E-state index contributed by atoms with van der Waals surface area (Å²) in [6.45, 7) is 9.30. The monoisotopic (exact) mass is 174 g/mol. The SMILES string of the molecule is C[CH](C)[Mg][CH](C)C.O=PO. The smallest absolute Gasteiger partial charge is 0.310 e. The summed E-state index contributed by atoms with van der Waals surface area (Å²) < 4.78 is 10.5. The summed E-state index contributed by atoms with van der Waals surface area (Å²) in [5, 5.41) is 0. The van der Waals surface area contributed by atoms with Crippen molar-refractivity contribution in [3.8, 4) is 0 Å². The average Bonchev–Trinajstić information content (AvgIpc) is 1.62. The quantitative estimate of drug-likeness (QED) is 0.516. The molecule has 0 aliphatic rings. The van der Waals surface area contributed by atoms with E-state index >= 15 is 0 Å². The lowest BCUT2D eigenvalue weighted by molar-refractivity contribution is 0.524. The van der Waals surface area contributed by atoms with Crippen LogP contribution in [0.15, 0.2) is 0 Å². The van der Waals surface area contributed by atoms with E-state index in [-0.39, 0.29) is 20.4 Å². The van der Waals surface area contributed by atoms with E-state index < -0.39 is 8.69 Å². The number of hydrogen-bond acceptors (Lipinski definition) is 1. The van der Waals surface area contributed by atoms with Crippen LogP contribution in [0.5, 0.6) is 0 Å². The Morgan fingerprint density at radius 3 is 1.40 bits per heavy atom. The third-order valence-corrected chi connectivity index (χ3v) is 2.83. The van der Waals surface area contributed by atoms with Gasteiger partial charge in [-0.3, -0.25) is 0 Å². The molecule has 0 unspecified atom stereocenters. The summed E-state index contributed by atoms with van der Waals surface area (Å²) in [5.41, 5.74) is 0. The normalized spacial score (nSPS) is 9.10. The zero-order valence-corrected chi connectivity index (χ0v) is 9.47.